The number of halogens is 1. The van der Waals surface area contributed by atoms with Crippen molar-refractivity contribution < 1.29 is 9.84 Å². The first-order valence-corrected chi connectivity index (χ1v) is 6.26. The lowest BCUT2D eigenvalue weighted by Gasteiger charge is -2.40. The fourth-order valence-electron chi connectivity index (χ4n) is 2.37. The zero-order valence-electron chi connectivity index (χ0n) is 10.2. The molecule has 96 valence electrons. The first kappa shape index (κ1) is 14.2. The zero-order valence-corrected chi connectivity index (χ0v) is 10.9. The van der Waals surface area contributed by atoms with Crippen LogP contribution in [0.4, 0.5) is 0 Å². The number of nitrogens with one attached hydrogen (secondary N) is 1. The first-order chi connectivity index (χ1) is 7.45. The van der Waals surface area contributed by atoms with Gasteiger partial charge in [-0.2, -0.15) is 0 Å². The van der Waals surface area contributed by atoms with Gasteiger partial charge in [-0.3, -0.25) is 0 Å². The predicted molar refractivity (Wildman–Crippen MR) is 65.4 cm³/mol. The molecule has 0 radical (unpaired) electrons. The molecule has 1 aliphatic rings. The summed E-state index contributed by atoms with van der Waals surface area (Å²) in [6.45, 7) is 4.18. The Kier molecular flexibility index (Phi) is 5.47. The SMILES string of the molecule is COC1CC(Cl)C(C(N)O)CC1NC(C)C. The monoisotopic (exact) mass is 250 g/mol. The summed E-state index contributed by atoms with van der Waals surface area (Å²) in [5.74, 6) is -0.0654. The van der Waals surface area contributed by atoms with Crippen LogP contribution in [0.15, 0.2) is 0 Å². The van der Waals surface area contributed by atoms with Crippen LogP contribution in [0, 0.1) is 5.92 Å². The van der Waals surface area contributed by atoms with Crippen LogP contribution in [0.5, 0.6) is 0 Å². The van der Waals surface area contributed by atoms with Crippen molar-refractivity contribution in [3.63, 3.8) is 0 Å². The molecule has 0 amide bonds. The molecule has 0 saturated heterocycles. The van der Waals surface area contributed by atoms with Crippen molar-refractivity contribution in [2.75, 3.05) is 7.11 Å². The van der Waals surface area contributed by atoms with Gasteiger partial charge in [0.05, 0.1) is 6.10 Å². The van der Waals surface area contributed by atoms with Gasteiger partial charge < -0.3 is 20.9 Å². The molecule has 0 aromatic heterocycles. The van der Waals surface area contributed by atoms with E-state index in [1.165, 1.54) is 0 Å². The molecule has 5 heteroatoms. The second-order valence-corrected chi connectivity index (χ2v) is 5.40. The molecular weight excluding hydrogens is 228 g/mol. The minimum absolute atomic E-state index is 0.0654. The van der Waals surface area contributed by atoms with E-state index < -0.39 is 6.23 Å². The summed E-state index contributed by atoms with van der Waals surface area (Å²) in [4.78, 5) is 0. The van der Waals surface area contributed by atoms with Gasteiger partial charge in [-0.1, -0.05) is 13.8 Å². The Morgan fingerprint density at radius 2 is 2.06 bits per heavy atom. The van der Waals surface area contributed by atoms with Crippen molar-refractivity contribution in [1.29, 1.82) is 0 Å². The minimum Gasteiger partial charge on any atom is -0.380 e. The average Bonchev–Trinajstić information content (AvgIpc) is 2.18. The lowest BCUT2D eigenvalue weighted by atomic mass is 9.82. The third kappa shape index (κ3) is 3.57. The molecule has 5 atom stereocenters. The summed E-state index contributed by atoms with van der Waals surface area (Å²) in [5, 5.41) is 12.8. The van der Waals surface area contributed by atoms with Crippen LogP contribution >= 0.6 is 11.6 Å². The maximum absolute atomic E-state index is 9.48. The summed E-state index contributed by atoms with van der Waals surface area (Å²) in [6.07, 6.45) is 0.723. The van der Waals surface area contributed by atoms with Crippen LogP contribution in [-0.2, 0) is 4.74 Å². The molecule has 1 saturated carbocycles. The van der Waals surface area contributed by atoms with Crippen molar-refractivity contribution in [3.05, 3.63) is 0 Å². The zero-order chi connectivity index (χ0) is 12.3. The third-order valence-electron chi connectivity index (χ3n) is 3.19. The highest BCUT2D eigenvalue weighted by atomic mass is 35.5. The van der Waals surface area contributed by atoms with Gasteiger partial charge in [0.25, 0.3) is 0 Å². The molecule has 0 bridgehead atoms. The first-order valence-electron chi connectivity index (χ1n) is 5.82. The van der Waals surface area contributed by atoms with Crippen molar-refractivity contribution in [2.45, 2.75) is 56.5 Å². The van der Waals surface area contributed by atoms with Gasteiger partial charge in [-0.25, -0.2) is 0 Å². The standard InChI is InChI=1S/C11H23ClN2O2/c1-6(2)14-9-4-7(11(13)15)8(12)5-10(9)16-3/h6-11,14-15H,4-5,13H2,1-3H3. The molecule has 1 aliphatic carbocycles. The van der Waals surface area contributed by atoms with Crippen molar-refractivity contribution >= 4 is 11.6 Å². The minimum atomic E-state index is -0.850. The van der Waals surface area contributed by atoms with Crippen molar-refractivity contribution in [2.24, 2.45) is 11.7 Å². The Balaban J connectivity index is 2.65. The van der Waals surface area contributed by atoms with E-state index in [1.54, 1.807) is 7.11 Å². The molecule has 1 rings (SSSR count). The molecule has 0 aliphatic heterocycles. The van der Waals surface area contributed by atoms with E-state index in [1.807, 2.05) is 0 Å². The Morgan fingerprint density at radius 3 is 2.50 bits per heavy atom. The number of hydrogen-bond acceptors (Lipinski definition) is 4. The van der Waals surface area contributed by atoms with Gasteiger partial charge in [0.2, 0.25) is 0 Å². The molecule has 0 spiro atoms. The van der Waals surface area contributed by atoms with E-state index in [4.69, 9.17) is 22.1 Å². The molecule has 0 aromatic carbocycles. The summed E-state index contributed by atoms with van der Waals surface area (Å²) in [7, 11) is 1.70. The van der Waals surface area contributed by atoms with Crippen LogP contribution in [0.25, 0.3) is 0 Å². The number of alkyl halides is 1. The molecule has 0 heterocycles. The smallest absolute Gasteiger partial charge is 0.106 e. The molecule has 1 fully saturated rings. The fourth-order valence-corrected chi connectivity index (χ4v) is 2.80. The van der Waals surface area contributed by atoms with Gasteiger partial charge in [-0.15, -0.1) is 11.6 Å². The summed E-state index contributed by atoms with van der Waals surface area (Å²) >= 11 is 6.21. The second kappa shape index (κ2) is 6.17. The quantitative estimate of drug-likeness (QED) is 0.507. The second-order valence-electron chi connectivity index (χ2n) is 4.84. The van der Waals surface area contributed by atoms with Crippen LogP contribution < -0.4 is 11.1 Å². The number of hydrogen-bond donors (Lipinski definition) is 3. The summed E-state index contributed by atoms with van der Waals surface area (Å²) < 4.78 is 5.43. The van der Waals surface area contributed by atoms with E-state index in [9.17, 15) is 5.11 Å². The maximum atomic E-state index is 9.48. The van der Waals surface area contributed by atoms with Crippen LogP contribution in [0.2, 0.25) is 0 Å². The van der Waals surface area contributed by atoms with Gasteiger partial charge in [0, 0.05) is 30.5 Å². The van der Waals surface area contributed by atoms with E-state index in [-0.39, 0.29) is 23.4 Å². The Morgan fingerprint density at radius 1 is 1.44 bits per heavy atom. The lowest BCUT2D eigenvalue weighted by molar-refractivity contribution is -0.00217. The topological polar surface area (TPSA) is 67.5 Å². The molecular formula is C11H23ClN2O2. The predicted octanol–water partition coefficient (Wildman–Crippen LogP) is 0.662. The van der Waals surface area contributed by atoms with E-state index >= 15 is 0 Å². The van der Waals surface area contributed by atoms with Crippen LogP contribution in [-0.4, -0.2) is 42.0 Å². The number of rotatable bonds is 4. The molecule has 0 aromatic rings. The summed E-state index contributed by atoms with van der Waals surface area (Å²) in [5.41, 5.74) is 5.54. The van der Waals surface area contributed by atoms with Gasteiger partial charge in [-0.05, 0) is 12.8 Å². The lowest BCUT2D eigenvalue weighted by Crippen LogP contribution is -2.54. The largest absolute Gasteiger partial charge is 0.380 e. The Labute approximate surface area is 102 Å². The number of aliphatic hydroxyl groups excluding tert-OH is 1. The highest BCUT2D eigenvalue weighted by Crippen LogP contribution is 2.32. The van der Waals surface area contributed by atoms with Crippen LogP contribution in [0.1, 0.15) is 26.7 Å². The third-order valence-corrected chi connectivity index (χ3v) is 3.69. The maximum Gasteiger partial charge on any atom is 0.106 e. The number of ether oxygens (including phenoxy) is 1. The van der Waals surface area contributed by atoms with Crippen molar-refractivity contribution in [3.8, 4) is 0 Å². The highest BCUT2D eigenvalue weighted by molar-refractivity contribution is 6.20. The number of nitrogens with two attached hydrogens (primary N) is 1. The van der Waals surface area contributed by atoms with Gasteiger partial charge in [0.15, 0.2) is 0 Å². The molecule has 5 unspecified atom stereocenters. The van der Waals surface area contributed by atoms with Crippen molar-refractivity contribution in [1.82, 2.24) is 5.32 Å². The normalized spacial score (nSPS) is 37.7. The van der Waals surface area contributed by atoms with E-state index in [0.29, 0.717) is 6.04 Å². The highest BCUT2D eigenvalue weighted by Gasteiger charge is 2.38. The van der Waals surface area contributed by atoms with Crippen LogP contribution in [0.3, 0.4) is 0 Å². The summed E-state index contributed by atoms with van der Waals surface area (Å²) in [6, 6.07) is 0.591. The Bertz CT molecular complexity index is 214. The molecule has 4 N–H and O–H groups in total. The van der Waals surface area contributed by atoms with E-state index in [2.05, 4.69) is 19.2 Å². The molecule has 16 heavy (non-hydrogen) atoms. The van der Waals surface area contributed by atoms with Gasteiger partial charge in [0.1, 0.15) is 6.23 Å². The Hall–Kier alpha value is 0.130. The molecule has 4 nitrogen and oxygen atoms in total. The van der Waals surface area contributed by atoms with Gasteiger partial charge >= 0.3 is 0 Å². The van der Waals surface area contributed by atoms with E-state index in [0.717, 1.165) is 12.8 Å². The number of methoxy groups -OCH3 is 1. The average molecular weight is 251 g/mol. The fraction of sp³-hybridized carbons (Fsp3) is 1.00. The number of aliphatic hydroxyl groups is 1.